The lowest BCUT2D eigenvalue weighted by Crippen LogP contribution is -2.18. The van der Waals surface area contributed by atoms with Crippen LogP contribution in [0.4, 0.5) is 19.1 Å². The SMILES string of the molecule is Cn1nc(C(F)(F)F)cc1-c1ccc2nc(NC(=O)Cn3ccnc3)nn2c1. The summed E-state index contributed by atoms with van der Waals surface area (Å²) in [5.74, 6) is -0.251. The van der Waals surface area contributed by atoms with Gasteiger partial charge in [0.2, 0.25) is 11.9 Å². The Morgan fingerprint density at radius 1 is 1.25 bits per heavy atom. The van der Waals surface area contributed by atoms with Crippen LogP contribution >= 0.6 is 0 Å². The highest BCUT2D eigenvalue weighted by atomic mass is 19.4. The van der Waals surface area contributed by atoms with E-state index in [9.17, 15) is 18.0 Å². The molecule has 0 unspecified atom stereocenters. The minimum absolute atomic E-state index is 0.0516. The molecular formula is C16H13F3N8O. The highest BCUT2D eigenvalue weighted by Crippen LogP contribution is 2.31. The van der Waals surface area contributed by atoms with E-state index in [0.717, 1.165) is 10.7 Å². The Balaban J connectivity index is 1.58. The number of nitrogens with zero attached hydrogens (tertiary/aromatic N) is 7. The average molecular weight is 390 g/mol. The molecule has 0 aliphatic heterocycles. The third-order valence-electron chi connectivity index (χ3n) is 3.93. The minimum atomic E-state index is -4.53. The van der Waals surface area contributed by atoms with E-state index in [2.05, 4.69) is 25.5 Å². The van der Waals surface area contributed by atoms with Crippen LogP contribution in [0.25, 0.3) is 16.9 Å². The number of carbonyl (C=O) groups excluding carboxylic acids is 1. The number of fused-ring (bicyclic) bond motifs is 1. The highest BCUT2D eigenvalue weighted by molar-refractivity contribution is 5.89. The van der Waals surface area contributed by atoms with Crippen molar-refractivity contribution in [3.05, 3.63) is 48.8 Å². The topological polar surface area (TPSA) is 94.9 Å². The van der Waals surface area contributed by atoms with Gasteiger partial charge in [0.25, 0.3) is 0 Å². The third-order valence-corrected chi connectivity index (χ3v) is 3.93. The van der Waals surface area contributed by atoms with Crippen molar-refractivity contribution in [2.45, 2.75) is 12.7 Å². The number of hydrogen-bond acceptors (Lipinski definition) is 5. The molecule has 28 heavy (non-hydrogen) atoms. The molecule has 4 rings (SSSR count). The Bertz CT molecular complexity index is 1140. The molecule has 0 aliphatic rings. The van der Waals surface area contributed by atoms with Crippen molar-refractivity contribution in [3.8, 4) is 11.3 Å². The molecule has 1 N–H and O–H groups in total. The summed E-state index contributed by atoms with van der Waals surface area (Å²) in [5.41, 5.74) is 0.200. The summed E-state index contributed by atoms with van der Waals surface area (Å²) >= 11 is 0. The summed E-state index contributed by atoms with van der Waals surface area (Å²) in [5, 5.41) is 10.2. The number of anilines is 1. The molecule has 4 aromatic heterocycles. The Kier molecular flexibility index (Phi) is 4.09. The first-order chi connectivity index (χ1) is 13.3. The van der Waals surface area contributed by atoms with Crippen LogP contribution in [0, 0.1) is 0 Å². The number of imidazole rings is 1. The van der Waals surface area contributed by atoms with Crippen LogP contribution in [0.15, 0.2) is 43.1 Å². The van der Waals surface area contributed by atoms with Crippen molar-refractivity contribution in [1.82, 2.24) is 33.9 Å². The molecule has 12 heteroatoms. The van der Waals surface area contributed by atoms with E-state index in [4.69, 9.17) is 0 Å². The fraction of sp³-hybridized carbons (Fsp3) is 0.188. The van der Waals surface area contributed by atoms with Crippen LogP contribution in [0.3, 0.4) is 0 Å². The molecule has 1 amide bonds. The maximum atomic E-state index is 12.9. The predicted molar refractivity (Wildman–Crippen MR) is 91.0 cm³/mol. The lowest BCUT2D eigenvalue weighted by Gasteiger charge is -2.01. The number of aryl methyl sites for hydroxylation is 1. The molecule has 4 aromatic rings. The molecule has 0 atom stereocenters. The Morgan fingerprint density at radius 3 is 2.75 bits per heavy atom. The molecule has 0 radical (unpaired) electrons. The van der Waals surface area contributed by atoms with Gasteiger partial charge in [-0.15, -0.1) is 5.10 Å². The highest BCUT2D eigenvalue weighted by Gasteiger charge is 2.34. The zero-order chi connectivity index (χ0) is 19.9. The van der Waals surface area contributed by atoms with Crippen molar-refractivity contribution < 1.29 is 18.0 Å². The van der Waals surface area contributed by atoms with Gasteiger partial charge in [-0.05, 0) is 18.2 Å². The number of halogens is 3. The summed E-state index contributed by atoms with van der Waals surface area (Å²) in [4.78, 5) is 20.0. The lowest BCUT2D eigenvalue weighted by molar-refractivity contribution is -0.141. The number of aromatic nitrogens is 7. The van der Waals surface area contributed by atoms with E-state index >= 15 is 0 Å². The zero-order valence-corrected chi connectivity index (χ0v) is 14.4. The molecule has 0 aliphatic carbocycles. The molecule has 0 bridgehead atoms. The van der Waals surface area contributed by atoms with Gasteiger partial charge in [0.05, 0.1) is 12.0 Å². The molecule has 0 saturated heterocycles. The second-order valence-corrected chi connectivity index (χ2v) is 5.98. The van der Waals surface area contributed by atoms with E-state index in [1.807, 2.05) is 0 Å². The first-order valence-electron chi connectivity index (χ1n) is 8.03. The second kappa shape index (κ2) is 6.48. The van der Waals surface area contributed by atoms with Crippen molar-refractivity contribution in [2.75, 3.05) is 5.32 Å². The van der Waals surface area contributed by atoms with Gasteiger partial charge in [0.1, 0.15) is 6.54 Å². The summed E-state index contributed by atoms with van der Waals surface area (Å²) in [6.45, 7) is 0.0516. The van der Waals surface area contributed by atoms with Gasteiger partial charge < -0.3 is 4.57 Å². The lowest BCUT2D eigenvalue weighted by atomic mass is 10.2. The van der Waals surface area contributed by atoms with Gasteiger partial charge in [0.15, 0.2) is 11.3 Å². The van der Waals surface area contributed by atoms with Crippen molar-refractivity contribution in [3.63, 3.8) is 0 Å². The van der Waals surface area contributed by atoms with Crippen molar-refractivity contribution in [1.29, 1.82) is 0 Å². The molecular weight excluding hydrogens is 377 g/mol. The minimum Gasteiger partial charge on any atom is -0.328 e. The van der Waals surface area contributed by atoms with Crippen LogP contribution in [0.5, 0.6) is 0 Å². The predicted octanol–water partition coefficient (Wildman–Crippen LogP) is 1.98. The molecule has 4 heterocycles. The van der Waals surface area contributed by atoms with Gasteiger partial charge in [-0.25, -0.2) is 9.50 Å². The van der Waals surface area contributed by atoms with E-state index in [-0.39, 0.29) is 24.1 Å². The summed E-state index contributed by atoms with van der Waals surface area (Å²) in [7, 11) is 1.43. The number of carbonyl (C=O) groups is 1. The number of pyridine rings is 1. The molecule has 0 saturated carbocycles. The standard InChI is InChI=1S/C16H13F3N8O/c1-25-11(6-12(23-25)16(17,18)19)10-2-3-13-21-15(24-27(13)7-10)22-14(28)8-26-5-4-20-9-26/h2-7,9H,8H2,1H3,(H,22,24,28). The first-order valence-corrected chi connectivity index (χ1v) is 8.03. The van der Waals surface area contributed by atoms with Gasteiger partial charge in [0, 0.05) is 31.2 Å². The Labute approximate surface area is 155 Å². The normalized spacial score (nSPS) is 11.9. The summed E-state index contributed by atoms with van der Waals surface area (Å²) < 4.78 is 42.7. The largest absolute Gasteiger partial charge is 0.435 e. The Hall–Kier alpha value is -3.70. The third kappa shape index (κ3) is 3.43. The quantitative estimate of drug-likeness (QED) is 0.575. The van der Waals surface area contributed by atoms with E-state index < -0.39 is 11.9 Å². The molecule has 0 fully saturated rings. The van der Waals surface area contributed by atoms with Crippen LogP contribution in [-0.2, 0) is 24.6 Å². The van der Waals surface area contributed by atoms with Gasteiger partial charge in [-0.2, -0.15) is 23.3 Å². The van der Waals surface area contributed by atoms with Gasteiger partial charge in [-0.3, -0.25) is 14.8 Å². The number of amides is 1. The van der Waals surface area contributed by atoms with E-state index in [0.29, 0.717) is 11.2 Å². The molecule has 144 valence electrons. The monoisotopic (exact) mass is 390 g/mol. The number of nitrogens with one attached hydrogen (secondary N) is 1. The fourth-order valence-electron chi connectivity index (χ4n) is 2.67. The van der Waals surface area contributed by atoms with E-state index in [1.165, 1.54) is 24.1 Å². The van der Waals surface area contributed by atoms with Crippen molar-refractivity contribution >= 4 is 17.5 Å². The van der Waals surface area contributed by atoms with Gasteiger partial charge >= 0.3 is 6.18 Å². The fourth-order valence-corrected chi connectivity index (χ4v) is 2.67. The maximum Gasteiger partial charge on any atom is 0.435 e. The number of hydrogen-bond donors (Lipinski definition) is 1. The van der Waals surface area contributed by atoms with Crippen molar-refractivity contribution in [2.24, 2.45) is 7.05 Å². The molecule has 0 spiro atoms. The zero-order valence-electron chi connectivity index (χ0n) is 14.4. The van der Waals surface area contributed by atoms with Crippen LogP contribution < -0.4 is 5.32 Å². The Morgan fingerprint density at radius 2 is 2.07 bits per heavy atom. The maximum absolute atomic E-state index is 12.9. The number of alkyl halides is 3. The van der Waals surface area contributed by atoms with Crippen LogP contribution in [-0.4, -0.2) is 39.8 Å². The van der Waals surface area contributed by atoms with Gasteiger partial charge in [-0.1, -0.05) is 0 Å². The molecule has 0 aromatic carbocycles. The van der Waals surface area contributed by atoms with Crippen LogP contribution in [0.2, 0.25) is 0 Å². The molecule has 9 nitrogen and oxygen atoms in total. The van der Waals surface area contributed by atoms with Crippen LogP contribution in [0.1, 0.15) is 5.69 Å². The van der Waals surface area contributed by atoms with E-state index in [1.54, 1.807) is 29.1 Å². The number of rotatable bonds is 4. The second-order valence-electron chi connectivity index (χ2n) is 5.98. The summed E-state index contributed by atoms with van der Waals surface area (Å²) in [6.07, 6.45) is 1.70. The average Bonchev–Trinajstić information content (AvgIpc) is 3.32. The smallest absolute Gasteiger partial charge is 0.328 e. The summed E-state index contributed by atoms with van der Waals surface area (Å²) in [6, 6.07) is 4.16. The first kappa shape index (κ1) is 17.7.